The molecule has 150 valence electrons. The van der Waals surface area contributed by atoms with Crippen molar-refractivity contribution in [3.05, 3.63) is 43.0 Å². The minimum Gasteiger partial charge on any atom is -0.386 e. The van der Waals surface area contributed by atoms with E-state index in [-0.39, 0.29) is 5.65 Å². The molecule has 3 atom stereocenters. The Bertz CT molecular complexity index is 1040. The number of hydrogen-bond donors (Lipinski definition) is 3. The highest BCUT2D eigenvalue weighted by Crippen LogP contribution is 2.26. The van der Waals surface area contributed by atoms with E-state index in [1.54, 1.807) is 0 Å². The monoisotopic (exact) mass is 409 g/mol. The average Bonchev–Trinajstić information content (AvgIpc) is 3.11. The van der Waals surface area contributed by atoms with Crippen molar-refractivity contribution < 1.29 is 27.6 Å². The average molecular weight is 409 g/mol. The second-order valence-corrected chi connectivity index (χ2v) is 7.09. The fourth-order valence-electron chi connectivity index (χ4n) is 2.68. The number of imidazole rings is 1. The van der Waals surface area contributed by atoms with Crippen molar-refractivity contribution in [1.29, 1.82) is 0 Å². The van der Waals surface area contributed by atoms with Gasteiger partial charge >= 0.3 is 10.3 Å². The number of aromatic nitrogens is 4. The molecule has 0 aliphatic carbocycles. The van der Waals surface area contributed by atoms with Crippen LogP contribution in [0.4, 0.5) is 0 Å². The van der Waals surface area contributed by atoms with Crippen LogP contribution in [0.2, 0.25) is 0 Å². The summed E-state index contributed by atoms with van der Waals surface area (Å²) in [4.78, 5) is 12.6. The molecule has 2 heterocycles. The molecule has 0 unspecified atom stereocenters. The van der Waals surface area contributed by atoms with E-state index in [0.29, 0.717) is 11.2 Å². The van der Waals surface area contributed by atoms with Gasteiger partial charge in [0.1, 0.15) is 29.7 Å². The van der Waals surface area contributed by atoms with Crippen LogP contribution in [0.5, 0.6) is 0 Å². The summed E-state index contributed by atoms with van der Waals surface area (Å²) < 4.78 is 32.6. The zero-order chi connectivity index (χ0) is 20.3. The first kappa shape index (κ1) is 20.3. The van der Waals surface area contributed by atoms with E-state index in [4.69, 9.17) is 9.88 Å². The van der Waals surface area contributed by atoms with Crippen molar-refractivity contribution in [2.45, 2.75) is 18.4 Å². The molecule has 1 aromatic carbocycles. The van der Waals surface area contributed by atoms with Gasteiger partial charge in [0.25, 0.3) is 0 Å². The third-order valence-corrected chi connectivity index (χ3v) is 4.54. The van der Waals surface area contributed by atoms with Crippen molar-refractivity contribution in [3.63, 3.8) is 0 Å². The lowest BCUT2D eigenvalue weighted by molar-refractivity contribution is -0.112. The molecule has 0 aliphatic rings. The Hall–Kier alpha value is -2.48. The SMILES string of the molecule is CO[C@H](COS(N)(=O)=O)[C@@H](O)[C@@H](O)n1cnc2c(-c3ccccc3)ncnc21. The van der Waals surface area contributed by atoms with Crippen LogP contribution in [0.1, 0.15) is 6.23 Å². The molecular weight excluding hydrogens is 390 g/mol. The number of rotatable bonds is 8. The first-order valence-corrected chi connectivity index (χ1v) is 9.58. The summed E-state index contributed by atoms with van der Waals surface area (Å²) in [7, 11) is -2.99. The molecule has 0 bridgehead atoms. The zero-order valence-corrected chi connectivity index (χ0v) is 15.6. The Labute approximate surface area is 160 Å². The number of nitrogens with zero attached hydrogens (tertiary/aromatic N) is 4. The smallest absolute Gasteiger partial charge is 0.333 e. The van der Waals surface area contributed by atoms with Crippen molar-refractivity contribution in [2.75, 3.05) is 13.7 Å². The van der Waals surface area contributed by atoms with E-state index < -0.39 is 35.3 Å². The Kier molecular flexibility index (Phi) is 5.98. The molecule has 28 heavy (non-hydrogen) atoms. The van der Waals surface area contributed by atoms with Crippen LogP contribution in [0.3, 0.4) is 0 Å². The van der Waals surface area contributed by atoms with Gasteiger partial charge in [-0.1, -0.05) is 30.3 Å². The topological polar surface area (TPSA) is 163 Å². The molecular formula is C16H19N5O6S. The van der Waals surface area contributed by atoms with Gasteiger partial charge in [-0.25, -0.2) is 20.1 Å². The van der Waals surface area contributed by atoms with E-state index in [1.807, 2.05) is 30.3 Å². The summed E-state index contributed by atoms with van der Waals surface area (Å²) in [5.74, 6) is 0. The van der Waals surface area contributed by atoms with Crippen LogP contribution in [0, 0.1) is 0 Å². The van der Waals surface area contributed by atoms with Gasteiger partial charge in [-0.05, 0) is 0 Å². The van der Waals surface area contributed by atoms with E-state index in [0.717, 1.165) is 5.56 Å². The Morgan fingerprint density at radius 1 is 1.18 bits per heavy atom. The number of aliphatic hydroxyl groups excluding tert-OH is 2. The normalized spacial score (nSPS) is 15.4. The quantitative estimate of drug-likeness (QED) is 0.448. The summed E-state index contributed by atoms with van der Waals surface area (Å²) in [6, 6.07) is 9.30. The third kappa shape index (κ3) is 4.32. The van der Waals surface area contributed by atoms with Gasteiger partial charge in [0.15, 0.2) is 11.9 Å². The standard InChI is InChI=1S/C16H19N5O6S/c1-26-11(7-27-28(17,24)25)14(22)16(23)21-9-20-13-12(18-8-19-15(13)21)10-5-3-2-4-6-10/h2-6,8-9,11,14,16,22-23H,7H2,1H3,(H2,17,24,25)/t11-,14-,16-/m1/s1. The summed E-state index contributed by atoms with van der Waals surface area (Å²) in [6.07, 6.45) is -1.66. The molecule has 3 aromatic rings. The highest BCUT2D eigenvalue weighted by atomic mass is 32.2. The number of methoxy groups -OCH3 is 1. The minimum absolute atomic E-state index is 0.280. The highest BCUT2D eigenvalue weighted by molar-refractivity contribution is 7.84. The number of nitrogens with two attached hydrogens (primary N) is 1. The number of aliphatic hydroxyl groups is 2. The maximum absolute atomic E-state index is 10.9. The molecule has 0 fully saturated rings. The lowest BCUT2D eigenvalue weighted by Gasteiger charge is -2.25. The van der Waals surface area contributed by atoms with Gasteiger partial charge in [-0.15, -0.1) is 0 Å². The number of benzene rings is 1. The van der Waals surface area contributed by atoms with Crippen LogP contribution >= 0.6 is 0 Å². The molecule has 0 radical (unpaired) electrons. The Balaban J connectivity index is 1.91. The molecule has 0 spiro atoms. The Morgan fingerprint density at radius 2 is 1.89 bits per heavy atom. The Morgan fingerprint density at radius 3 is 2.54 bits per heavy atom. The number of ether oxygens (including phenoxy) is 1. The lowest BCUT2D eigenvalue weighted by atomic mass is 10.1. The predicted molar refractivity (Wildman–Crippen MR) is 97.9 cm³/mol. The van der Waals surface area contributed by atoms with Crippen LogP contribution < -0.4 is 5.14 Å². The molecule has 0 saturated heterocycles. The molecule has 0 aliphatic heterocycles. The lowest BCUT2D eigenvalue weighted by Crippen LogP contribution is -2.40. The fourth-order valence-corrected chi connectivity index (χ4v) is 3.00. The zero-order valence-electron chi connectivity index (χ0n) is 14.8. The van der Waals surface area contributed by atoms with Crippen molar-refractivity contribution in [2.24, 2.45) is 5.14 Å². The molecule has 3 rings (SSSR count). The van der Waals surface area contributed by atoms with Gasteiger partial charge in [0.05, 0.1) is 12.9 Å². The summed E-state index contributed by atoms with van der Waals surface area (Å²) in [5, 5.41) is 25.7. The second kappa shape index (κ2) is 8.26. The van der Waals surface area contributed by atoms with Gasteiger partial charge in [-0.2, -0.15) is 8.42 Å². The third-order valence-electron chi connectivity index (χ3n) is 4.08. The summed E-state index contributed by atoms with van der Waals surface area (Å²) >= 11 is 0. The van der Waals surface area contributed by atoms with Gasteiger partial charge in [0.2, 0.25) is 0 Å². The molecule has 4 N–H and O–H groups in total. The number of hydrogen-bond acceptors (Lipinski definition) is 9. The van der Waals surface area contributed by atoms with Crippen LogP contribution in [0.25, 0.3) is 22.4 Å². The van der Waals surface area contributed by atoms with Gasteiger partial charge in [0, 0.05) is 12.7 Å². The van der Waals surface area contributed by atoms with Crippen LogP contribution in [-0.2, 0) is 19.2 Å². The van der Waals surface area contributed by atoms with Crippen LogP contribution in [-0.4, -0.2) is 64.1 Å². The van der Waals surface area contributed by atoms with E-state index >= 15 is 0 Å². The fraction of sp³-hybridized carbons (Fsp3) is 0.312. The largest absolute Gasteiger partial charge is 0.386 e. The first-order valence-electron chi connectivity index (χ1n) is 8.11. The van der Waals surface area contributed by atoms with E-state index in [1.165, 1.54) is 24.3 Å². The molecule has 0 amide bonds. The summed E-state index contributed by atoms with van der Waals surface area (Å²) in [5.41, 5.74) is 2.08. The molecule has 0 saturated carbocycles. The molecule has 2 aromatic heterocycles. The minimum atomic E-state index is -4.23. The maximum atomic E-state index is 10.9. The van der Waals surface area contributed by atoms with E-state index in [2.05, 4.69) is 19.1 Å². The van der Waals surface area contributed by atoms with Crippen molar-refractivity contribution in [3.8, 4) is 11.3 Å². The van der Waals surface area contributed by atoms with Gasteiger partial charge < -0.3 is 14.9 Å². The molecule has 11 nitrogen and oxygen atoms in total. The molecule has 12 heteroatoms. The summed E-state index contributed by atoms with van der Waals surface area (Å²) in [6.45, 7) is -0.579. The van der Waals surface area contributed by atoms with Crippen molar-refractivity contribution in [1.82, 2.24) is 19.5 Å². The second-order valence-electron chi connectivity index (χ2n) is 5.87. The maximum Gasteiger partial charge on any atom is 0.333 e. The highest BCUT2D eigenvalue weighted by Gasteiger charge is 2.30. The van der Waals surface area contributed by atoms with Crippen LogP contribution in [0.15, 0.2) is 43.0 Å². The van der Waals surface area contributed by atoms with Gasteiger partial charge in [-0.3, -0.25) is 8.75 Å². The van der Waals surface area contributed by atoms with Crippen molar-refractivity contribution >= 4 is 21.5 Å². The predicted octanol–water partition coefficient (Wildman–Crippen LogP) is -0.420. The van der Waals surface area contributed by atoms with E-state index in [9.17, 15) is 18.6 Å². The first-order chi connectivity index (χ1) is 13.3. The number of fused-ring (bicyclic) bond motifs is 1.